The average Bonchev–Trinajstić information content (AvgIpc) is 3.18. The Morgan fingerprint density at radius 3 is 2.13 bits per heavy atom. The Balaban J connectivity index is 1.88. The van der Waals surface area contributed by atoms with Gasteiger partial charge in [0.1, 0.15) is 0 Å². The molecule has 5 rings (SSSR count). The zero-order valence-corrected chi connectivity index (χ0v) is 17.6. The van der Waals surface area contributed by atoms with Crippen LogP contribution in [0, 0.1) is 6.92 Å². The molecule has 156 valence electrons. The molecule has 0 bridgehead atoms. The number of Topliss-reactive ketones (excluding diaryl/α,β-unsaturated/α-hetero) is 1. The fraction of sp³-hybridized carbons (Fsp3) is 0.130. The molecule has 2 heterocycles. The number of fused-ring (bicyclic) bond motifs is 3. The van der Waals surface area contributed by atoms with Crippen LogP contribution < -0.4 is 4.31 Å². The SMILES string of the molecule is CON1C(=O)c2ccccc2C12C(=O)c1ccccc1N2S(=O)(=O)c1ccc(C)cc1. The van der Waals surface area contributed by atoms with E-state index in [0.717, 1.165) is 14.9 Å². The maximum Gasteiger partial charge on any atom is 0.280 e. The van der Waals surface area contributed by atoms with Gasteiger partial charge in [-0.05, 0) is 37.3 Å². The van der Waals surface area contributed by atoms with Gasteiger partial charge in [-0.3, -0.25) is 14.4 Å². The largest absolute Gasteiger partial charge is 0.289 e. The number of hydrogen-bond acceptors (Lipinski definition) is 5. The molecule has 0 aromatic heterocycles. The summed E-state index contributed by atoms with van der Waals surface area (Å²) in [7, 11) is -3.02. The molecular weight excluding hydrogens is 416 g/mol. The summed E-state index contributed by atoms with van der Waals surface area (Å²) < 4.78 is 29.0. The van der Waals surface area contributed by atoms with Gasteiger partial charge in [0, 0.05) is 16.7 Å². The van der Waals surface area contributed by atoms with E-state index in [1.54, 1.807) is 60.7 Å². The van der Waals surface area contributed by atoms with Crippen LogP contribution in [0.3, 0.4) is 0 Å². The van der Waals surface area contributed by atoms with Crippen LogP contribution in [0.1, 0.15) is 31.8 Å². The standard InChI is InChI=1S/C23H18N2O5S/c1-15-11-13-16(14-12-15)31(28,29)25-20-10-6-4-8-18(20)21(26)23(25)19-9-5-3-7-17(19)22(27)24(23)30-2/h3-14H,1-2H3. The zero-order chi connectivity index (χ0) is 22.0. The summed E-state index contributed by atoms with van der Waals surface area (Å²) in [6, 6.07) is 19.3. The maximum absolute atomic E-state index is 14.0. The van der Waals surface area contributed by atoms with E-state index < -0.39 is 27.4 Å². The molecule has 0 saturated carbocycles. The number of aryl methyl sites for hydroxylation is 1. The van der Waals surface area contributed by atoms with Gasteiger partial charge < -0.3 is 0 Å². The van der Waals surface area contributed by atoms with Crippen LogP contribution in [0.15, 0.2) is 77.7 Å². The molecule has 2 aliphatic rings. The number of sulfonamides is 1. The number of rotatable bonds is 3. The molecule has 31 heavy (non-hydrogen) atoms. The van der Waals surface area contributed by atoms with E-state index in [1.165, 1.54) is 19.2 Å². The van der Waals surface area contributed by atoms with Crippen LogP contribution in [-0.4, -0.2) is 32.3 Å². The highest BCUT2D eigenvalue weighted by Gasteiger charge is 2.67. The van der Waals surface area contributed by atoms with Crippen molar-refractivity contribution in [1.29, 1.82) is 0 Å². The lowest BCUT2D eigenvalue weighted by Gasteiger charge is -2.39. The van der Waals surface area contributed by atoms with Gasteiger partial charge in [0.25, 0.3) is 15.9 Å². The molecular formula is C23H18N2O5S. The van der Waals surface area contributed by atoms with Gasteiger partial charge in [-0.25, -0.2) is 12.7 Å². The highest BCUT2D eigenvalue weighted by atomic mass is 32.2. The molecule has 0 saturated heterocycles. The molecule has 7 nitrogen and oxygen atoms in total. The first-order valence-corrected chi connectivity index (χ1v) is 11.0. The van der Waals surface area contributed by atoms with Crippen LogP contribution in [0.5, 0.6) is 0 Å². The van der Waals surface area contributed by atoms with Gasteiger partial charge in [0.2, 0.25) is 11.4 Å². The number of ketones is 1. The first-order chi connectivity index (χ1) is 14.8. The number of para-hydroxylation sites is 1. The van der Waals surface area contributed by atoms with Crippen molar-refractivity contribution < 1.29 is 22.8 Å². The van der Waals surface area contributed by atoms with Crippen molar-refractivity contribution in [2.45, 2.75) is 17.5 Å². The summed E-state index contributed by atoms with van der Waals surface area (Å²) >= 11 is 0. The molecule has 8 heteroatoms. The van der Waals surface area contributed by atoms with Crippen LogP contribution in [0.4, 0.5) is 5.69 Å². The van der Waals surface area contributed by atoms with Crippen molar-refractivity contribution in [1.82, 2.24) is 5.06 Å². The van der Waals surface area contributed by atoms with Gasteiger partial charge in [0.05, 0.1) is 17.7 Å². The normalized spacial score (nSPS) is 19.8. The monoisotopic (exact) mass is 434 g/mol. The lowest BCUT2D eigenvalue weighted by molar-refractivity contribution is -0.139. The van der Waals surface area contributed by atoms with Gasteiger partial charge in [-0.15, -0.1) is 0 Å². The fourth-order valence-electron chi connectivity index (χ4n) is 4.38. The Hall–Kier alpha value is -3.49. The fourth-order valence-corrected chi connectivity index (χ4v) is 6.09. The van der Waals surface area contributed by atoms with E-state index in [2.05, 4.69) is 0 Å². The lowest BCUT2D eigenvalue weighted by atomic mass is 9.94. The average molecular weight is 434 g/mol. The Labute approximate surface area is 179 Å². The molecule has 0 fully saturated rings. The third-order valence-corrected chi connectivity index (χ3v) is 7.54. The lowest BCUT2D eigenvalue weighted by Crippen LogP contribution is -2.59. The van der Waals surface area contributed by atoms with E-state index in [-0.39, 0.29) is 27.3 Å². The first kappa shape index (κ1) is 19.5. The van der Waals surface area contributed by atoms with Crippen molar-refractivity contribution in [3.63, 3.8) is 0 Å². The van der Waals surface area contributed by atoms with Gasteiger partial charge in [0.15, 0.2) is 0 Å². The second kappa shape index (κ2) is 6.50. The Bertz CT molecular complexity index is 1350. The second-order valence-corrected chi connectivity index (χ2v) is 9.22. The number of amides is 1. The van der Waals surface area contributed by atoms with E-state index in [0.29, 0.717) is 0 Å². The van der Waals surface area contributed by atoms with E-state index in [4.69, 9.17) is 4.84 Å². The van der Waals surface area contributed by atoms with Crippen molar-refractivity contribution in [2.75, 3.05) is 11.4 Å². The number of carbonyl (C=O) groups excluding carboxylic acids is 2. The molecule has 1 unspecified atom stereocenters. The van der Waals surface area contributed by atoms with E-state index >= 15 is 0 Å². The Kier molecular flexibility index (Phi) is 4.08. The minimum absolute atomic E-state index is 0.00913. The van der Waals surface area contributed by atoms with Crippen molar-refractivity contribution in [3.8, 4) is 0 Å². The highest BCUT2D eigenvalue weighted by Crippen LogP contribution is 2.53. The van der Waals surface area contributed by atoms with Crippen LogP contribution >= 0.6 is 0 Å². The molecule has 1 spiro atoms. The summed E-state index contributed by atoms with van der Waals surface area (Å²) in [5.41, 5.74) is -0.236. The Morgan fingerprint density at radius 1 is 0.839 bits per heavy atom. The number of hydrogen-bond donors (Lipinski definition) is 0. The molecule has 3 aromatic rings. The van der Waals surface area contributed by atoms with Crippen LogP contribution in [0.2, 0.25) is 0 Å². The molecule has 3 aromatic carbocycles. The predicted molar refractivity (Wildman–Crippen MR) is 113 cm³/mol. The maximum atomic E-state index is 14.0. The van der Waals surface area contributed by atoms with E-state index in [1.807, 2.05) is 6.92 Å². The number of hydroxylamine groups is 2. The minimum Gasteiger partial charge on any atom is -0.289 e. The number of nitrogens with zero attached hydrogens (tertiary/aromatic N) is 2. The molecule has 0 aliphatic carbocycles. The number of benzene rings is 3. The summed E-state index contributed by atoms with van der Waals surface area (Å²) in [4.78, 5) is 32.4. The summed E-state index contributed by atoms with van der Waals surface area (Å²) in [5.74, 6) is -1.12. The molecule has 1 amide bonds. The number of anilines is 1. The quantitative estimate of drug-likeness (QED) is 0.632. The van der Waals surface area contributed by atoms with Crippen LogP contribution in [-0.2, 0) is 20.5 Å². The van der Waals surface area contributed by atoms with Crippen LogP contribution in [0.25, 0.3) is 0 Å². The summed E-state index contributed by atoms with van der Waals surface area (Å²) in [6.07, 6.45) is 0. The predicted octanol–water partition coefficient (Wildman–Crippen LogP) is 3.26. The molecule has 1 atom stereocenters. The third-order valence-electron chi connectivity index (χ3n) is 5.73. The minimum atomic E-state index is -4.26. The molecule has 2 aliphatic heterocycles. The summed E-state index contributed by atoms with van der Waals surface area (Å²) in [6.45, 7) is 1.85. The smallest absolute Gasteiger partial charge is 0.280 e. The van der Waals surface area contributed by atoms with Gasteiger partial charge in [-0.2, -0.15) is 5.06 Å². The summed E-state index contributed by atoms with van der Waals surface area (Å²) in [5, 5.41) is 0.867. The van der Waals surface area contributed by atoms with Crippen molar-refractivity contribution >= 4 is 27.4 Å². The van der Waals surface area contributed by atoms with Crippen molar-refractivity contribution in [3.05, 3.63) is 95.1 Å². The number of carbonyl (C=O) groups is 2. The first-order valence-electron chi connectivity index (χ1n) is 9.59. The zero-order valence-electron chi connectivity index (χ0n) is 16.8. The van der Waals surface area contributed by atoms with Gasteiger partial charge >= 0.3 is 0 Å². The van der Waals surface area contributed by atoms with Crippen molar-refractivity contribution in [2.24, 2.45) is 0 Å². The Morgan fingerprint density at radius 2 is 1.45 bits per heavy atom. The topological polar surface area (TPSA) is 84.0 Å². The van der Waals surface area contributed by atoms with E-state index in [9.17, 15) is 18.0 Å². The second-order valence-electron chi connectivity index (χ2n) is 7.43. The molecule has 0 radical (unpaired) electrons. The highest BCUT2D eigenvalue weighted by molar-refractivity contribution is 7.93. The molecule has 0 N–H and O–H groups in total. The van der Waals surface area contributed by atoms with Gasteiger partial charge in [-0.1, -0.05) is 48.0 Å². The third kappa shape index (κ3) is 2.34.